The van der Waals surface area contributed by atoms with Crippen molar-refractivity contribution in [3.05, 3.63) is 34.9 Å². The fourth-order valence-corrected chi connectivity index (χ4v) is 3.32. The lowest BCUT2D eigenvalue weighted by Crippen LogP contribution is -2.30. The second kappa shape index (κ2) is 5.04. The Balaban J connectivity index is 1.61. The summed E-state index contributed by atoms with van der Waals surface area (Å²) in [5, 5.41) is 3.03. The highest BCUT2D eigenvalue weighted by atomic mass is 79.9. The molecular weight excluding hydrogens is 290 g/mol. The maximum atomic E-state index is 12.1. The molecule has 0 heterocycles. The Morgan fingerprint density at radius 3 is 2.89 bits per heavy atom. The van der Waals surface area contributed by atoms with Crippen molar-refractivity contribution in [1.82, 2.24) is 5.32 Å². The molecular formula is C15H18BrNO. The van der Waals surface area contributed by atoms with Gasteiger partial charge in [-0.1, -0.05) is 22.0 Å². The number of fused-ring (bicyclic) bond motifs is 1. The third-order valence-electron chi connectivity index (χ3n) is 3.95. The van der Waals surface area contributed by atoms with Crippen LogP contribution in [0.15, 0.2) is 18.2 Å². The second-order valence-corrected chi connectivity index (χ2v) is 6.58. The Hall–Kier alpha value is -0.830. The van der Waals surface area contributed by atoms with Gasteiger partial charge in [-0.05, 0) is 61.3 Å². The second-order valence-electron chi connectivity index (χ2n) is 5.40. The summed E-state index contributed by atoms with van der Waals surface area (Å²) in [6.07, 6.45) is 6.11. The highest BCUT2D eigenvalue weighted by molar-refractivity contribution is 9.09. The van der Waals surface area contributed by atoms with E-state index in [0.29, 0.717) is 4.83 Å². The number of carbonyl (C=O) groups is 1. The standard InChI is InChI=1S/C15H18BrNO/c16-14(11-5-6-11)9-17-15(18)13-7-4-10-2-1-3-12(10)8-13/h4,7-8,11,14H,1-3,5-6,9H2,(H,17,18). The number of nitrogens with one attached hydrogen (secondary N) is 1. The van der Waals surface area contributed by atoms with Gasteiger partial charge in [0.05, 0.1) is 0 Å². The Morgan fingerprint density at radius 2 is 2.11 bits per heavy atom. The number of rotatable bonds is 4. The van der Waals surface area contributed by atoms with E-state index in [1.165, 1.54) is 36.8 Å². The lowest BCUT2D eigenvalue weighted by atomic mass is 10.1. The maximum absolute atomic E-state index is 12.1. The van der Waals surface area contributed by atoms with Gasteiger partial charge in [-0.25, -0.2) is 0 Å². The molecule has 0 aromatic heterocycles. The molecule has 96 valence electrons. The molecule has 0 saturated heterocycles. The van der Waals surface area contributed by atoms with E-state index in [2.05, 4.69) is 33.4 Å². The van der Waals surface area contributed by atoms with E-state index in [-0.39, 0.29) is 5.91 Å². The van der Waals surface area contributed by atoms with Crippen LogP contribution in [0, 0.1) is 5.92 Å². The van der Waals surface area contributed by atoms with Gasteiger partial charge in [-0.15, -0.1) is 0 Å². The van der Waals surface area contributed by atoms with Gasteiger partial charge in [0.15, 0.2) is 0 Å². The van der Waals surface area contributed by atoms with Gasteiger partial charge in [-0.2, -0.15) is 0 Å². The van der Waals surface area contributed by atoms with Gasteiger partial charge in [-0.3, -0.25) is 4.79 Å². The van der Waals surface area contributed by atoms with Crippen molar-refractivity contribution in [2.75, 3.05) is 6.54 Å². The highest BCUT2D eigenvalue weighted by Gasteiger charge is 2.29. The molecule has 1 saturated carbocycles. The summed E-state index contributed by atoms with van der Waals surface area (Å²) < 4.78 is 0. The first-order valence-corrected chi connectivity index (χ1v) is 7.69. The topological polar surface area (TPSA) is 29.1 Å². The molecule has 1 amide bonds. The Morgan fingerprint density at radius 1 is 1.33 bits per heavy atom. The van der Waals surface area contributed by atoms with Gasteiger partial charge in [0.2, 0.25) is 0 Å². The van der Waals surface area contributed by atoms with E-state index in [1.54, 1.807) is 0 Å². The minimum atomic E-state index is 0.0646. The van der Waals surface area contributed by atoms with Gasteiger partial charge in [0.1, 0.15) is 0 Å². The number of amides is 1. The van der Waals surface area contributed by atoms with Crippen molar-refractivity contribution in [2.24, 2.45) is 5.92 Å². The van der Waals surface area contributed by atoms with E-state index in [0.717, 1.165) is 24.4 Å². The van der Waals surface area contributed by atoms with Crippen molar-refractivity contribution < 1.29 is 4.79 Å². The predicted octanol–water partition coefficient (Wildman–Crippen LogP) is 3.08. The number of benzene rings is 1. The number of hydrogen-bond acceptors (Lipinski definition) is 1. The molecule has 1 aromatic rings. The first-order valence-electron chi connectivity index (χ1n) is 6.78. The fourth-order valence-electron chi connectivity index (χ4n) is 2.63. The van der Waals surface area contributed by atoms with E-state index in [4.69, 9.17) is 0 Å². The number of carbonyl (C=O) groups excluding carboxylic acids is 1. The van der Waals surface area contributed by atoms with Gasteiger partial charge < -0.3 is 5.32 Å². The SMILES string of the molecule is O=C(NCC(Br)C1CC1)c1ccc2c(c1)CCC2. The normalized spacial score (nSPS) is 19.4. The molecule has 3 heteroatoms. The quantitative estimate of drug-likeness (QED) is 0.851. The molecule has 1 N–H and O–H groups in total. The first kappa shape index (κ1) is 12.2. The number of alkyl halides is 1. The number of hydrogen-bond donors (Lipinski definition) is 1. The van der Waals surface area contributed by atoms with E-state index < -0.39 is 0 Å². The van der Waals surface area contributed by atoms with Gasteiger partial charge in [0, 0.05) is 16.9 Å². The zero-order valence-corrected chi connectivity index (χ0v) is 12.0. The Labute approximate surface area is 116 Å². The Bertz CT molecular complexity index is 468. The summed E-state index contributed by atoms with van der Waals surface area (Å²) in [6.45, 7) is 0.737. The lowest BCUT2D eigenvalue weighted by molar-refractivity contribution is 0.0953. The molecule has 1 atom stereocenters. The molecule has 1 unspecified atom stereocenters. The molecule has 2 nitrogen and oxygen atoms in total. The van der Waals surface area contributed by atoms with Crippen molar-refractivity contribution in [1.29, 1.82) is 0 Å². The summed E-state index contributed by atoms with van der Waals surface area (Å²) in [4.78, 5) is 12.5. The molecule has 18 heavy (non-hydrogen) atoms. The zero-order chi connectivity index (χ0) is 12.5. The summed E-state index contributed by atoms with van der Waals surface area (Å²) in [5.74, 6) is 0.833. The summed E-state index contributed by atoms with van der Waals surface area (Å²) in [6, 6.07) is 6.14. The zero-order valence-electron chi connectivity index (χ0n) is 10.4. The van der Waals surface area contributed by atoms with Crippen molar-refractivity contribution in [2.45, 2.75) is 36.9 Å². The molecule has 0 aliphatic heterocycles. The van der Waals surface area contributed by atoms with Crippen molar-refractivity contribution >= 4 is 21.8 Å². The number of aryl methyl sites for hydroxylation is 2. The molecule has 0 radical (unpaired) electrons. The fraction of sp³-hybridized carbons (Fsp3) is 0.533. The monoisotopic (exact) mass is 307 g/mol. The van der Waals surface area contributed by atoms with Crippen LogP contribution < -0.4 is 5.32 Å². The van der Waals surface area contributed by atoms with Crippen LogP contribution in [0.3, 0.4) is 0 Å². The van der Waals surface area contributed by atoms with Gasteiger partial charge in [0.25, 0.3) is 5.91 Å². The average molecular weight is 308 g/mol. The van der Waals surface area contributed by atoms with Crippen LogP contribution in [-0.4, -0.2) is 17.3 Å². The summed E-state index contributed by atoms with van der Waals surface area (Å²) >= 11 is 3.64. The average Bonchev–Trinajstić information content (AvgIpc) is 3.13. The van der Waals surface area contributed by atoms with Crippen molar-refractivity contribution in [3.8, 4) is 0 Å². The van der Waals surface area contributed by atoms with Crippen LogP contribution in [0.1, 0.15) is 40.7 Å². The lowest BCUT2D eigenvalue weighted by Gasteiger charge is -2.10. The van der Waals surface area contributed by atoms with Gasteiger partial charge >= 0.3 is 0 Å². The molecule has 0 spiro atoms. The van der Waals surface area contributed by atoms with Crippen molar-refractivity contribution in [3.63, 3.8) is 0 Å². The van der Waals surface area contributed by atoms with Crippen LogP contribution in [-0.2, 0) is 12.8 Å². The van der Waals surface area contributed by atoms with Crippen LogP contribution in [0.4, 0.5) is 0 Å². The largest absolute Gasteiger partial charge is 0.351 e. The van der Waals surface area contributed by atoms with E-state index in [1.807, 2.05) is 6.07 Å². The summed E-state index contributed by atoms with van der Waals surface area (Å²) in [5.41, 5.74) is 3.59. The minimum absolute atomic E-state index is 0.0646. The van der Waals surface area contributed by atoms with Crippen LogP contribution in [0.2, 0.25) is 0 Å². The Kier molecular flexibility index (Phi) is 3.42. The third-order valence-corrected chi connectivity index (χ3v) is 5.02. The first-order chi connectivity index (χ1) is 8.74. The molecule has 2 aliphatic carbocycles. The molecule has 1 fully saturated rings. The highest BCUT2D eigenvalue weighted by Crippen LogP contribution is 2.36. The van der Waals surface area contributed by atoms with E-state index in [9.17, 15) is 4.79 Å². The smallest absolute Gasteiger partial charge is 0.251 e. The number of halogens is 1. The molecule has 0 bridgehead atoms. The summed E-state index contributed by atoms with van der Waals surface area (Å²) in [7, 11) is 0. The van der Waals surface area contributed by atoms with Crippen LogP contribution >= 0.6 is 15.9 Å². The molecule has 3 rings (SSSR count). The predicted molar refractivity (Wildman–Crippen MR) is 76.2 cm³/mol. The molecule has 2 aliphatic rings. The third kappa shape index (κ3) is 2.61. The maximum Gasteiger partial charge on any atom is 0.251 e. The van der Waals surface area contributed by atoms with Crippen LogP contribution in [0.5, 0.6) is 0 Å². The molecule has 1 aromatic carbocycles. The van der Waals surface area contributed by atoms with Crippen LogP contribution in [0.25, 0.3) is 0 Å². The van der Waals surface area contributed by atoms with E-state index >= 15 is 0 Å². The minimum Gasteiger partial charge on any atom is -0.351 e.